The maximum atomic E-state index is 5.67. The Morgan fingerprint density at radius 2 is 2.46 bits per heavy atom. The molecule has 0 aliphatic heterocycles. The summed E-state index contributed by atoms with van der Waals surface area (Å²) in [5, 5.41) is 0. The van der Waals surface area contributed by atoms with Crippen LogP contribution in [0.1, 0.15) is 0 Å². The number of nitrogens with zero attached hydrogens (tertiary/aromatic N) is 3. The van der Waals surface area contributed by atoms with E-state index in [1.54, 1.807) is 17.9 Å². The lowest BCUT2D eigenvalue weighted by Gasteiger charge is -2.02. The summed E-state index contributed by atoms with van der Waals surface area (Å²) in [7, 11) is 1.61. The Balaban J connectivity index is 2.64. The van der Waals surface area contributed by atoms with Crippen molar-refractivity contribution in [2.24, 2.45) is 0 Å². The minimum Gasteiger partial charge on any atom is -0.369 e. The van der Waals surface area contributed by atoms with Crippen molar-refractivity contribution in [1.29, 1.82) is 0 Å². The minimum atomic E-state index is 0.374. The first-order valence-corrected chi connectivity index (χ1v) is 3.88. The smallest absolute Gasteiger partial charge is 0.204 e. The second kappa shape index (κ2) is 3.02. The van der Waals surface area contributed by atoms with Crippen LogP contribution in [0.5, 0.6) is 0 Å². The van der Waals surface area contributed by atoms with Crippen molar-refractivity contribution in [2.45, 2.75) is 6.73 Å². The summed E-state index contributed by atoms with van der Waals surface area (Å²) in [4.78, 5) is 8.29. The number of nitrogens with two attached hydrogens (primary N) is 1. The van der Waals surface area contributed by atoms with Gasteiger partial charge in [-0.2, -0.15) is 0 Å². The molecule has 68 valence electrons. The normalized spacial score (nSPS) is 10.8. The average Bonchev–Trinajstić information content (AvgIpc) is 2.44. The molecule has 0 bridgehead atoms. The lowest BCUT2D eigenvalue weighted by Crippen LogP contribution is -2.05. The summed E-state index contributed by atoms with van der Waals surface area (Å²) in [6.07, 6.45) is 1.70. The summed E-state index contributed by atoms with van der Waals surface area (Å²) in [6.45, 7) is 0.374. The van der Waals surface area contributed by atoms with Gasteiger partial charge in [0.25, 0.3) is 0 Å². The van der Waals surface area contributed by atoms with Gasteiger partial charge in [0.1, 0.15) is 12.2 Å². The highest BCUT2D eigenvalue weighted by atomic mass is 16.5. The Kier molecular flexibility index (Phi) is 1.86. The molecule has 0 fully saturated rings. The topological polar surface area (TPSA) is 66.0 Å². The van der Waals surface area contributed by atoms with Crippen molar-refractivity contribution in [1.82, 2.24) is 14.5 Å². The number of ether oxygens (including phenoxy) is 1. The number of pyridine rings is 1. The van der Waals surface area contributed by atoms with Crippen molar-refractivity contribution in [3.05, 3.63) is 18.3 Å². The van der Waals surface area contributed by atoms with Crippen molar-refractivity contribution >= 4 is 17.1 Å². The molecular weight excluding hydrogens is 168 g/mol. The molecule has 0 unspecified atom stereocenters. The van der Waals surface area contributed by atoms with Gasteiger partial charge in [0.05, 0.1) is 0 Å². The fourth-order valence-electron chi connectivity index (χ4n) is 1.23. The number of fused-ring (bicyclic) bond motifs is 1. The number of nitrogen functional groups attached to an aromatic ring is 1. The highest BCUT2D eigenvalue weighted by Crippen LogP contribution is 2.14. The van der Waals surface area contributed by atoms with Crippen LogP contribution in [-0.2, 0) is 11.5 Å². The van der Waals surface area contributed by atoms with Gasteiger partial charge in [-0.3, -0.25) is 4.57 Å². The third-order valence-electron chi connectivity index (χ3n) is 1.79. The first-order valence-electron chi connectivity index (χ1n) is 3.88. The van der Waals surface area contributed by atoms with Gasteiger partial charge in [0.15, 0.2) is 5.65 Å². The quantitative estimate of drug-likeness (QED) is 0.732. The molecule has 2 rings (SSSR count). The third kappa shape index (κ3) is 1.23. The molecule has 0 aliphatic rings. The SMILES string of the molecule is COCn1c(N)nc2cccnc21. The number of aromatic nitrogens is 3. The molecule has 2 aromatic rings. The standard InChI is InChI=1S/C8H10N4O/c1-13-5-12-7-6(11-8(12)9)3-2-4-10-7/h2-4H,5H2,1H3,(H2,9,11). The van der Waals surface area contributed by atoms with Gasteiger partial charge in [0, 0.05) is 13.3 Å². The number of anilines is 1. The van der Waals surface area contributed by atoms with Gasteiger partial charge in [-0.15, -0.1) is 0 Å². The molecule has 2 N–H and O–H groups in total. The molecule has 2 heterocycles. The zero-order valence-electron chi connectivity index (χ0n) is 7.27. The van der Waals surface area contributed by atoms with Crippen molar-refractivity contribution in [2.75, 3.05) is 12.8 Å². The van der Waals surface area contributed by atoms with E-state index in [1.165, 1.54) is 0 Å². The molecular formula is C8H10N4O. The molecule has 5 nitrogen and oxygen atoms in total. The zero-order valence-corrected chi connectivity index (χ0v) is 7.27. The molecule has 5 heteroatoms. The molecule has 13 heavy (non-hydrogen) atoms. The van der Waals surface area contributed by atoms with Gasteiger partial charge < -0.3 is 10.5 Å². The highest BCUT2D eigenvalue weighted by Gasteiger charge is 2.06. The van der Waals surface area contributed by atoms with Crippen LogP contribution in [0.2, 0.25) is 0 Å². The van der Waals surface area contributed by atoms with Crippen LogP contribution in [0, 0.1) is 0 Å². The lowest BCUT2D eigenvalue weighted by molar-refractivity contribution is 0.135. The second-order valence-electron chi connectivity index (χ2n) is 2.66. The molecule has 0 saturated carbocycles. The van der Waals surface area contributed by atoms with E-state index in [-0.39, 0.29) is 0 Å². The van der Waals surface area contributed by atoms with Crippen LogP contribution in [0.25, 0.3) is 11.2 Å². The average molecular weight is 178 g/mol. The largest absolute Gasteiger partial charge is 0.369 e. The Hall–Kier alpha value is -1.62. The van der Waals surface area contributed by atoms with Crippen molar-refractivity contribution in [3.63, 3.8) is 0 Å². The first kappa shape index (κ1) is 8.00. The first-order chi connectivity index (χ1) is 6.33. The fourth-order valence-corrected chi connectivity index (χ4v) is 1.23. The number of hydrogen-bond donors (Lipinski definition) is 1. The highest BCUT2D eigenvalue weighted by molar-refractivity contribution is 5.73. The Morgan fingerprint density at radius 1 is 1.62 bits per heavy atom. The van der Waals surface area contributed by atoms with Crippen LogP contribution in [0.3, 0.4) is 0 Å². The fraction of sp³-hybridized carbons (Fsp3) is 0.250. The number of imidazole rings is 1. The summed E-state index contributed by atoms with van der Waals surface area (Å²) < 4.78 is 6.70. The monoisotopic (exact) mass is 178 g/mol. The van der Waals surface area contributed by atoms with E-state index >= 15 is 0 Å². The lowest BCUT2D eigenvalue weighted by atomic mass is 10.4. The third-order valence-corrected chi connectivity index (χ3v) is 1.79. The van der Waals surface area contributed by atoms with E-state index in [2.05, 4.69) is 9.97 Å². The Morgan fingerprint density at radius 3 is 3.23 bits per heavy atom. The van der Waals surface area contributed by atoms with Crippen LogP contribution >= 0.6 is 0 Å². The van der Waals surface area contributed by atoms with E-state index in [4.69, 9.17) is 10.5 Å². The second-order valence-corrected chi connectivity index (χ2v) is 2.66. The van der Waals surface area contributed by atoms with Gasteiger partial charge in [-0.25, -0.2) is 9.97 Å². The summed E-state index contributed by atoms with van der Waals surface area (Å²) in [5.41, 5.74) is 7.21. The summed E-state index contributed by atoms with van der Waals surface area (Å²) >= 11 is 0. The maximum Gasteiger partial charge on any atom is 0.204 e. The predicted octanol–water partition coefficient (Wildman–Crippen LogP) is 0.617. The molecule has 0 radical (unpaired) electrons. The number of rotatable bonds is 2. The number of hydrogen-bond acceptors (Lipinski definition) is 4. The number of methoxy groups -OCH3 is 1. The molecule has 2 aromatic heterocycles. The van der Waals surface area contributed by atoms with Crippen molar-refractivity contribution < 1.29 is 4.74 Å². The van der Waals surface area contributed by atoms with Crippen LogP contribution in [0.4, 0.5) is 5.95 Å². The van der Waals surface area contributed by atoms with Crippen LogP contribution < -0.4 is 5.73 Å². The summed E-state index contributed by atoms with van der Waals surface area (Å²) in [6, 6.07) is 3.69. The van der Waals surface area contributed by atoms with Gasteiger partial charge in [0.2, 0.25) is 5.95 Å². The predicted molar refractivity (Wildman–Crippen MR) is 48.9 cm³/mol. The molecule has 0 spiro atoms. The molecule has 0 aromatic carbocycles. The zero-order chi connectivity index (χ0) is 9.26. The van der Waals surface area contributed by atoms with Gasteiger partial charge >= 0.3 is 0 Å². The molecule has 0 amide bonds. The minimum absolute atomic E-state index is 0.374. The maximum absolute atomic E-state index is 5.67. The van der Waals surface area contributed by atoms with E-state index in [0.717, 1.165) is 11.2 Å². The van der Waals surface area contributed by atoms with E-state index < -0.39 is 0 Å². The Bertz CT molecular complexity index is 423. The van der Waals surface area contributed by atoms with E-state index in [0.29, 0.717) is 12.7 Å². The summed E-state index contributed by atoms with van der Waals surface area (Å²) in [5.74, 6) is 0.426. The molecule has 0 saturated heterocycles. The van der Waals surface area contributed by atoms with Crippen LogP contribution in [0.15, 0.2) is 18.3 Å². The van der Waals surface area contributed by atoms with Crippen LogP contribution in [-0.4, -0.2) is 21.6 Å². The Labute approximate surface area is 75.2 Å². The van der Waals surface area contributed by atoms with Gasteiger partial charge in [-0.05, 0) is 12.1 Å². The van der Waals surface area contributed by atoms with Crippen molar-refractivity contribution in [3.8, 4) is 0 Å². The van der Waals surface area contributed by atoms with E-state index in [1.807, 2.05) is 12.1 Å². The van der Waals surface area contributed by atoms with E-state index in [9.17, 15) is 0 Å². The molecule has 0 aliphatic carbocycles. The molecule has 0 atom stereocenters. The van der Waals surface area contributed by atoms with Gasteiger partial charge in [-0.1, -0.05) is 0 Å².